The molecule has 0 unspecified atom stereocenters. The van der Waals surface area contributed by atoms with Crippen LogP contribution in [0.3, 0.4) is 0 Å². The summed E-state index contributed by atoms with van der Waals surface area (Å²) in [5, 5.41) is 0.635. The van der Waals surface area contributed by atoms with Crippen molar-refractivity contribution in [2.24, 2.45) is 46.3 Å². The Hall–Kier alpha value is -1.22. The number of allylic oxidation sites excluding steroid dienone is 2. The molecule has 0 radical (unpaired) electrons. The Balaban J connectivity index is 1.19. The molecule has 0 bridgehead atoms. The smallest absolute Gasteiger partial charge is 0.219 e. The standard InChI is InChI=1S/C38H58O2S/c1-7-8-24-40-30-15-12-28(13-16-30)36(39)41-31-20-22-37(5)29(25-31)14-17-32-34-19-18-33(27(4)11-9-10-26(2)3)38(34,6)23-21-35(32)37/h12-16,26-27,31-35H,7-11,17-25H2,1-6H3/t27-,31+,32-,33+,34-,35-,37-,38+/m0/s1. The first-order valence-electron chi connectivity index (χ1n) is 17.3. The lowest BCUT2D eigenvalue weighted by molar-refractivity contribution is -0.0497. The Bertz CT molecular complexity index is 1060. The molecule has 0 amide bonds. The largest absolute Gasteiger partial charge is 0.494 e. The fourth-order valence-corrected chi connectivity index (χ4v) is 11.1. The van der Waals surface area contributed by atoms with Crippen molar-refractivity contribution >= 4 is 16.9 Å². The van der Waals surface area contributed by atoms with E-state index in [-0.39, 0.29) is 5.12 Å². The van der Waals surface area contributed by atoms with Crippen molar-refractivity contribution in [1.82, 2.24) is 0 Å². The van der Waals surface area contributed by atoms with Gasteiger partial charge < -0.3 is 4.74 Å². The summed E-state index contributed by atoms with van der Waals surface area (Å²) < 4.78 is 5.79. The highest BCUT2D eigenvalue weighted by atomic mass is 32.2. The topological polar surface area (TPSA) is 26.3 Å². The fourth-order valence-electron chi connectivity index (χ4n) is 9.99. The summed E-state index contributed by atoms with van der Waals surface area (Å²) >= 11 is 1.59. The van der Waals surface area contributed by atoms with E-state index in [9.17, 15) is 4.79 Å². The number of benzene rings is 1. The third-order valence-electron chi connectivity index (χ3n) is 12.4. The Morgan fingerprint density at radius 1 is 0.976 bits per heavy atom. The van der Waals surface area contributed by atoms with Crippen LogP contribution < -0.4 is 4.74 Å². The predicted octanol–water partition coefficient (Wildman–Crippen LogP) is 11.1. The number of carbonyl (C=O) groups excluding carboxylic acids is 1. The summed E-state index contributed by atoms with van der Waals surface area (Å²) in [4.78, 5) is 13.2. The van der Waals surface area contributed by atoms with Gasteiger partial charge >= 0.3 is 0 Å². The van der Waals surface area contributed by atoms with Gasteiger partial charge in [0.25, 0.3) is 0 Å². The molecule has 3 fully saturated rings. The molecule has 0 spiro atoms. The van der Waals surface area contributed by atoms with Gasteiger partial charge in [-0.05, 0) is 128 Å². The van der Waals surface area contributed by atoms with Gasteiger partial charge in [0.15, 0.2) is 0 Å². The van der Waals surface area contributed by atoms with Crippen molar-refractivity contribution in [1.29, 1.82) is 0 Å². The fraction of sp³-hybridized carbons (Fsp3) is 0.763. The average Bonchev–Trinajstić information content (AvgIpc) is 3.31. The second-order valence-corrected chi connectivity index (χ2v) is 16.6. The molecule has 8 atom stereocenters. The molecular formula is C38H58O2S. The number of ether oxygens (including phenoxy) is 1. The SMILES string of the molecule is CCCCOc1ccc(C(=O)S[C@@H]2CC[C@@]3(C)C(=CC[C@H]4[C@@H]5CC[C@H]([C@@H](C)CCCC(C)C)[C@@]5(C)CC[C@@H]43)C2)cc1. The zero-order chi connectivity index (χ0) is 29.2. The molecule has 0 aliphatic heterocycles. The van der Waals surface area contributed by atoms with Crippen molar-refractivity contribution in [3.05, 3.63) is 41.5 Å². The third-order valence-corrected chi connectivity index (χ3v) is 13.6. The highest BCUT2D eigenvalue weighted by Gasteiger charge is 2.59. The van der Waals surface area contributed by atoms with Gasteiger partial charge in [-0.1, -0.05) is 90.6 Å². The molecule has 0 aromatic heterocycles. The molecule has 3 saturated carbocycles. The minimum Gasteiger partial charge on any atom is -0.494 e. The first-order valence-corrected chi connectivity index (χ1v) is 18.2. The number of hydrogen-bond acceptors (Lipinski definition) is 3. The average molecular weight is 579 g/mol. The van der Waals surface area contributed by atoms with Crippen LogP contribution in [-0.2, 0) is 0 Å². The zero-order valence-electron chi connectivity index (χ0n) is 27.1. The van der Waals surface area contributed by atoms with E-state index in [0.717, 1.165) is 72.7 Å². The van der Waals surface area contributed by atoms with E-state index in [1.165, 1.54) is 64.2 Å². The third kappa shape index (κ3) is 6.51. The molecule has 1 aromatic carbocycles. The lowest BCUT2D eigenvalue weighted by Gasteiger charge is -2.58. The molecule has 0 N–H and O–H groups in total. The maximum absolute atomic E-state index is 13.2. The van der Waals surface area contributed by atoms with Gasteiger partial charge in [0, 0.05) is 10.8 Å². The van der Waals surface area contributed by atoms with Crippen molar-refractivity contribution in [2.75, 3.05) is 6.61 Å². The molecular weight excluding hydrogens is 520 g/mol. The maximum Gasteiger partial charge on any atom is 0.219 e. The van der Waals surface area contributed by atoms with E-state index >= 15 is 0 Å². The summed E-state index contributed by atoms with van der Waals surface area (Å²) in [6.07, 6.45) is 19.7. The van der Waals surface area contributed by atoms with E-state index in [2.05, 4.69) is 47.6 Å². The van der Waals surface area contributed by atoms with Crippen molar-refractivity contribution in [3.8, 4) is 5.75 Å². The lowest BCUT2D eigenvalue weighted by Crippen LogP contribution is -2.50. The highest BCUT2D eigenvalue weighted by Crippen LogP contribution is 2.67. The number of carbonyl (C=O) groups is 1. The Morgan fingerprint density at radius 3 is 2.49 bits per heavy atom. The molecule has 41 heavy (non-hydrogen) atoms. The van der Waals surface area contributed by atoms with E-state index in [4.69, 9.17) is 4.74 Å². The Labute approximate surface area is 256 Å². The molecule has 0 saturated heterocycles. The second-order valence-electron chi connectivity index (χ2n) is 15.3. The minimum atomic E-state index is 0.223. The quantitative estimate of drug-likeness (QED) is 0.193. The molecule has 1 aromatic rings. The van der Waals surface area contributed by atoms with Gasteiger partial charge in [0.05, 0.1) is 6.61 Å². The van der Waals surface area contributed by atoms with E-state index in [1.54, 1.807) is 17.3 Å². The summed E-state index contributed by atoms with van der Waals surface area (Å²) in [6.45, 7) is 15.6. The van der Waals surface area contributed by atoms with Crippen LogP contribution in [0.25, 0.3) is 0 Å². The van der Waals surface area contributed by atoms with Crippen LogP contribution in [0.5, 0.6) is 5.75 Å². The Kier molecular flexibility index (Phi) is 10.0. The molecule has 3 heteroatoms. The van der Waals surface area contributed by atoms with Crippen LogP contribution in [0.1, 0.15) is 135 Å². The first kappa shape index (κ1) is 31.2. The van der Waals surface area contributed by atoms with Crippen LogP contribution in [0.2, 0.25) is 0 Å². The number of thioether (sulfide) groups is 1. The van der Waals surface area contributed by atoms with Gasteiger partial charge in [-0.15, -0.1) is 0 Å². The molecule has 0 heterocycles. The zero-order valence-corrected chi connectivity index (χ0v) is 27.9. The number of fused-ring (bicyclic) bond motifs is 5. The summed E-state index contributed by atoms with van der Waals surface area (Å²) in [6, 6.07) is 7.82. The van der Waals surface area contributed by atoms with Gasteiger partial charge in [-0.25, -0.2) is 0 Å². The van der Waals surface area contributed by atoms with E-state index in [1.807, 2.05) is 24.3 Å². The normalized spacial score (nSPS) is 35.3. The number of rotatable bonds is 11. The van der Waals surface area contributed by atoms with E-state index < -0.39 is 0 Å². The molecule has 5 rings (SSSR count). The lowest BCUT2D eigenvalue weighted by atomic mass is 9.47. The first-order chi connectivity index (χ1) is 19.7. The number of hydrogen-bond donors (Lipinski definition) is 0. The van der Waals surface area contributed by atoms with Gasteiger partial charge in [-0.2, -0.15) is 0 Å². The summed E-state index contributed by atoms with van der Waals surface area (Å²) in [5.41, 5.74) is 3.40. The van der Waals surface area contributed by atoms with Gasteiger partial charge in [0.1, 0.15) is 5.75 Å². The molecule has 2 nitrogen and oxygen atoms in total. The number of unbranched alkanes of at least 4 members (excludes halogenated alkanes) is 1. The van der Waals surface area contributed by atoms with Crippen molar-refractivity contribution < 1.29 is 9.53 Å². The molecule has 4 aliphatic carbocycles. The molecule has 4 aliphatic rings. The summed E-state index contributed by atoms with van der Waals surface area (Å²) in [5.74, 6) is 6.14. The Morgan fingerprint density at radius 2 is 1.76 bits per heavy atom. The van der Waals surface area contributed by atoms with Crippen molar-refractivity contribution in [3.63, 3.8) is 0 Å². The second kappa shape index (κ2) is 13.2. The van der Waals surface area contributed by atoms with Gasteiger partial charge in [-0.3, -0.25) is 4.79 Å². The maximum atomic E-state index is 13.2. The van der Waals surface area contributed by atoms with Crippen LogP contribution in [-0.4, -0.2) is 17.0 Å². The van der Waals surface area contributed by atoms with E-state index in [0.29, 0.717) is 16.1 Å². The van der Waals surface area contributed by atoms with Crippen LogP contribution in [0.4, 0.5) is 0 Å². The predicted molar refractivity (Wildman–Crippen MR) is 176 cm³/mol. The van der Waals surface area contributed by atoms with Crippen LogP contribution in [0.15, 0.2) is 35.9 Å². The van der Waals surface area contributed by atoms with Crippen LogP contribution in [0, 0.1) is 46.3 Å². The summed E-state index contributed by atoms with van der Waals surface area (Å²) in [7, 11) is 0. The van der Waals surface area contributed by atoms with Crippen molar-refractivity contribution in [2.45, 2.75) is 130 Å². The highest BCUT2D eigenvalue weighted by molar-refractivity contribution is 8.14. The minimum absolute atomic E-state index is 0.223. The van der Waals surface area contributed by atoms with Crippen LogP contribution >= 0.6 is 11.8 Å². The monoisotopic (exact) mass is 578 g/mol. The molecule has 228 valence electrons. The van der Waals surface area contributed by atoms with Gasteiger partial charge in [0.2, 0.25) is 5.12 Å².